The van der Waals surface area contributed by atoms with Crippen LogP contribution in [-0.4, -0.2) is 23.0 Å². The Hall–Kier alpha value is -3.40. The molecule has 0 aromatic heterocycles. The van der Waals surface area contributed by atoms with Gasteiger partial charge >= 0.3 is 5.97 Å². The number of hydrogen-bond donors (Lipinski definition) is 2. The molecule has 2 N–H and O–H groups in total. The average Bonchev–Trinajstić information content (AvgIpc) is 2.73. The molecular weight excluding hydrogens is 362 g/mol. The molecule has 1 amide bonds. The van der Waals surface area contributed by atoms with Crippen molar-refractivity contribution in [3.05, 3.63) is 107 Å². The molecule has 0 saturated carbocycles. The highest BCUT2D eigenvalue weighted by Gasteiger charge is 2.38. The quantitative estimate of drug-likeness (QED) is 0.641. The molecule has 3 aromatic carbocycles. The molecule has 0 fully saturated rings. The number of carboxylic acids is 1. The van der Waals surface area contributed by atoms with Gasteiger partial charge in [0, 0.05) is 6.42 Å². The summed E-state index contributed by atoms with van der Waals surface area (Å²) in [4.78, 5) is 25.4. The smallest absolute Gasteiger partial charge is 0.326 e. The standard InChI is InChI=1S/C25H25NO3/c1-18-10-9-11-19(16-18)17-22(23(27)28)26-24(29)25(2,20-12-5-3-6-13-20)21-14-7-4-8-15-21/h3-16,22H,17H2,1-2H3,(H,26,29)(H,27,28)/t22-/m0/s1. The molecule has 0 spiro atoms. The van der Waals surface area contributed by atoms with Crippen LogP contribution in [0.3, 0.4) is 0 Å². The molecule has 4 heteroatoms. The summed E-state index contributed by atoms with van der Waals surface area (Å²) in [6.07, 6.45) is 0.225. The minimum Gasteiger partial charge on any atom is -0.480 e. The summed E-state index contributed by atoms with van der Waals surface area (Å²) < 4.78 is 0. The predicted molar refractivity (Wildman–Crippen MR) is 114 cm³/mol. The van der Waals surface area contributed by atoms with Crippen LogP contribution < -0.4 is 5.32 Å². The van der Waals surface area contributed by atoms with Crippen molar-refractivity contribution in [2.45, 2.75) is 31.7 Å². The molecular formula is C25H25NO3. The van der Waals surface area contributed by atoms with Gasteiger partial charge in [-0.2, -0.15) is 0 Å². The molecule has 148 valence electrons. The third-order valence-corrected chi connectivity index (χ3v) is 5.28. The Labute approximate surface area is 171 Å². The lowest BCUT2D eigenvalue weighted by Gasteiger charge is -2.31. The molecule has 0 saturated heterocycles. The van der Waals surface area contributed by atoms with E-state index in [-0.39, 0.29) is 12.3 Å². The lowest BCUT2D eigenvalue weighted by atomic mass is 9.75. The van der Waals surface area contributed by atoms with Crippen molar-refractivity contribution in [2.75, 3.05) is 0 Å². The Morgan fingerprint density at radius 3 is 1.93 bits per heavy atom. The molecule has 0 radical (unpaired) electrons. The van der Waals surface area contributed by atoms with E-state index in [0.29, 0.717) is 0 Å². The van der Waals surface area contributed by atoms with Gasteiger partial charge in [-0.15, -0.1) is 0 Å². The summed E-state index contributed by atoms with van der Waals surface area (Å²) in [6.45, 7) is 3.79. The zero-order valence-corrected chi connectivity index (χ0v) is 16.6. The van der Waals surface area contributed by atoms with Gasteiger partial charge < -0.3 is 10.4 Å². The highest BCUT2D eigenvalue weighted by molar-refractivity contribution is 5.94. The van der Waals surface area contributed by atoms with Gasteiger partial charge in [-0.3, -0.25) is 4.79 Å². The Balaban J connectivity index is 1.94. The van der Waals surface area contributed by atoms with Gasteiger partial charge in [0.2, 0.25) is 5.91 Å². The van der Waals surface area contributed by atoms with Crippen molar-refractivity contribution in [1.29, 1.82) is 0 Å². The van der Waals surface area contributed by atoms with Crippen LogP contribution >= 0.6 is 0 Å². The molecule has 0 bridgehead atoms. The van der Waals surface area contributed by atoms with Gasteiger partial charge in [-0.1, -0.05) is 90.5 Å². The fraction of sp³-hybridized carbons (Fsp3) is 0.200. The van der Waals surface area contributed by atoms with Crippen LogP contribution in [0.15, 0.2) is 84.9 Å². The summed E-state index contributed by atoms with van der Waals surface area (Å²) in [5.41, 5.74) is 2.53. The number of carboxylic acid groups (broad SMARTS) is 1. The van der Waals surface area contributed by atoms with E-state index in [1.807, 2.05) is 98.8 Å². The molecule has 3 aromatic rings. The number of benzene rings is 3. The Morgan fingerprint density at radius 2 is 1.45 bits per heavy atom. The summed E-state index contributed by atoms with van der Waals surface area (Å²) >= 11 is 0. The maximum atomic E-state index is 13.5. The van der Waals surface area contributed by atoms with Crippen molar-refractivity contribution in [2.24, 2.45) is 0 Å². The number of carbonyl (C=O) groups excluding carboxylic acids is 1. The maximum Gasteiger partial charge on any atom is 0.326 e. The van der Waals surface area contributed by atoms with Gasteiger partial charge in [0.1, 0.15) is 6.04 Å². The molecule has 4 nitrogen and oxygen atoms in total. The van der Waals surface area contributed by atoms with Crippen LogP contribution in [0.2, 0.25) is 0 Å². The SMILES string of the molecule is Cc1cccc(C[C@H](NC(=O)C(C)(c2ccccc2)c2ccccc2)C(=O)O)c1. The number of carbonyl (C=O) groups is 2. The number of amides is 1. The Kier molecular flexibility index (Phi) is 6.13. The minimum absolute atomic E-state index is 0.225. The first-order valence-electron chi connectivity index (χ1n) is 9.61. The molecule has 1 atom stereocenters. The third-order valence-electron chi connectivity index (χ3n) is 5.28. The second kappa shape index (κ2) is 8.74. The predicted octanol–water partition coefficient (Wildman–Crippen LogP) is 4.11. The van der Waals surface area contributed by atoms with E-state index in [1.54, 1.807) is 0 Å². The van der Waals surface area contributed by atoms with Gasteiger partial charge in [-0.05, 0) is 30.5 Å². The number of rotatable bonds is 7. The van der Waals surface area contributed by atoms with Crippen molar-refractivity contribution >= 4 is 11.9 Å². The largest absolute Gasteiger partial charge is 0.480 e. The molecule has 0 aliphatic carbocycles. The van der Waals surface area contributed by atoms with E-state index in [1.165, 1.54) is 0 Å². The fourth-order valence-corrected chi connectivity index (χ4v) is 3.55. The van der Waals surface area contributed by atoms with Crippen LogP contribution in [0, 0.1) is 6.92 Å². The average molecular weight is 387 g/mol. The maximum absolute atomic E-state index is 13.5. The normalized spacial score (nSPS) is 12.2. The van der Waals surface area contributed by atoms with Gasteiger partial charge in [0.15, 0.2) is 0 Å². The van der Waals surface area contributed by atoms with Crippen molar-refractivity contribution < 1.29 is 14.7 Å². The first-order chi connectivity index (χ1) is 13.9. The number of aliphatic carboxylic acids is 1. The van der Waals surface area contributed by atoms with Crippen molar-refractivity contribution in [3.8, 4) is 0 Å². The first-order valence-corrected chi connectivity index (χ1v) is 9.61. The number of aryl methyl sites for hydroxylation is 1. The zero-order valence-electron chi connectivity index (χ0n) is 16.6. The van der Waals surface area contributed by atoms with E-state index < -0.39 is 17.4 Å². The number of nitrogens with one attached hydrogen (secondary N) is 1. The van der Waals surface area contributed by atoms with Crippen molar-refractivity contribution in [1.82, 2.24) is 5.32 Å². The molecule has 3 rings (SSSR count). The third kappa shape index (κ3) is 4.54. The molecule has 29 heavy (non-hydrogen) atoms. The fourth-order valence-electron chi connectivity index (χ4n) is 3.55. The van der Waals surface area contributed by atoms with Crippen molar-refractivity contribution in [3.63, 3.8) is 0 Å². The summed E-state index contributed by atoms with van der Waals surface area (Å²) in [5, 5.41) is 12.5. The monoisotopic (exact) mass is 387 g/mol. The Morgan fingerprint density at radius 1 is 0.897 bits per heavy atom. The van der Waals surface area contributed by atoms with Gasteiger partial charge in [-0.25, -0.2) is 4.79 Å². The second-order valence-electron chi connectivity index (χ2n) is 7.41. The van der Waals surface area contributed by atoms with E-state index in [9.17, 15) is 14.7 Å². The highest BCUT2D eigenvalue weighted by atomic mass is 16.4. The van der Waals surface area contributed by atoms with E-state index in [2.05, 4.69) is 5.32 Å². The van der Waals surface area contributed by atoms with E-state index >= 15 is 0 Å². The summed E-state index contributed by atoms with van der Waals surface area (Å²) in [7, 11) is 0. The second-order valence-corrected chi connectivity index (χ2v) is 7.41. The lowest BCUT2D eigenvalue weighted by molar-refractivity contribution is -0.142. The molecule has 0 aliphatic heterocycles. The summed E-state index contributed by atoms with van der Waals surface area (Å²) in [6, 6.07) is 25.5. The van der Waals surface area contributed by atoms with Crippen LogP contribution in [0.4, 0.5) is 0 Å². The molecule has 0 aliphatic rings. The van der Waals surface area contributed by atoms with Crippen LogP contribution in [0.25, 0.3) is 0 Å². The molecule has 0 heterocycles. The number of hydrogen-bond acceptors (Lipinski definition) is 2. The van der Waals surface area contributed by atoms with E-state index in [0.717, 1.165) is 22.3 Å². The molecule has 0 unspecified atom stereocenters. The first kappa shape index (κ1) is 20.3. The summed E-state index contributed by atoms with van der Waals surface area (Å²) in [5.74, 6) is -1.39. The topological polar surface area (TPSA) is 66.4 Å². The minimum atomic E-state index is -1.05. The van der Waals surface area contributed by atoms with Crippen LogP contribution in [0.5, 0.6) is 0 Å². The van der Waals surface area contributed by atoms with E-state index in [4.69, 9.17) is 0 Å². The van der Waals surface area contributed by atoms with Crippen LogP contribution in [0.1, 0.15) is 29.2 Å². The highest BCUT2D eigenvalue weighted by Crippen LogP contribution is 2.32. The van der Waals surface area contributed by atoms with Gasteiger partial charge in [0.25, 0.3) is 0 Å². The van der Waals surface area contributed by atoms with Crippen LogP contribution in [-0.2, 0) is 21.4 Å². The zero-order chi connectivity index (χ0) is 20.9. The van der Waals surface area contributed by atoms with Gasteiger partial charge in [0.05, 0.1) is 5.41 Å². The lowest BCUT2D eigenvalue weighted by Crippen LogP contribution is -2.50. The Bertz CT molecular complexity index is 944.